The standard InChI is InChI=1S/C35H43F3N8O5/c1-4-51-32-23(35(36,37)38)14-22(16-39-32)24-15-26(45(2)19-34(20-50-3)12-6-5-7-13-34)29-30(41-24)43-33(42-29)44-31(49)25-18-46-17-21(9-11-28(47)48)8-10-27(46)40-25/h14-16,18,21H,4-13,17,19-20H2,1-3H3,(H,47,48)(H2,41,42,43,44,49). The molecule has 6 rings (SSSR count). The molecule has 16 heteroatoms. The van der Waals surface area contributed by atoms with E-state index in [0.29, 0.717) is 43.7 Å². The van der Waals surface area contributed by atoms with Gasteiger partial charge in [-0.25, -0.2) is 15.0 Å². The number of hydrogen-bond donors (Lipinski definition) is 3. The normalized spacial score (nSPS) is 17.3. The molecular weight excluding hydrogens is 669 g/mol. The molecule has 5 heterocycles. The lowest BCUT2D eigenvalue weighted by Gasteiger charge is -2.40. The molecule has 0 bridgehead atoms. The Kier molecular flexibility index (Phi) is 10.5. The number of aromatic amines is 1. The van der Waals surface area contributed by atoms with Gasteiger partial charge in [0.2, 0.25) is 11.8 Å². The Bertz CT molecular complexity index is 1880. The molecule has 274 valence electrons. The van der Waals surface area contributed by atoms with Crippen molar-refractivity contribution in [1.82, 2.24) is 29.5 Å². The van der Waals surface area contributed by atoms with Crippen molar-refractivity contribution in [2.45, 2.75) is 77.4 Å². The van der Waals surface area contributed by atoms with E-state index in [9.17, 15) is 22.8 Å². The monoisotopic (exact) mass is 712 g/mol. The third-order valence-electron chi connectivity index (χ3n) is 9.84. The first kappa shape index (κ1) is 36.1. The van der Waals surface area contributed by atoms with Crippen molar-refractivity contribution in [2.24, 2.45) is 11.3 Å². The number of nitrogens with one attached hydrogen (secondary N) is 2. The van der Waals surface area contributed by atoms with Crippen LogP contribution in [0.15, 0.2) is 24.5 Å². The molecule has 1 saturated carbocycles. The molecule has 0 radical (unpaired) electrons. The van der Waals surface area contributed by atoms with Gasteiger partial charge in [-0.2, -0.15) is 18.2 Å². The van der Waals surface area contributed by atoms with Crippen LogP contribution in [-0.4, -0.2) is 80.4 Å². The van der Waals surface area contributed by atoms with Crippen LogP contribution in [0.25, 0.3) is 22.4 Å². The predicted octanol–water partition coefficient (Wildman–Crippen LogP) is 6.35. The summed E-state index contributed by atoms with van der Waals surface area (Å²) in [6.07, 6.45) is 5.57. The molecule has 1 amide bonds. The van der Waals surface area contributed by atoms with E-state index in [-0.39, 0.29) is 52.9 Å². The van der Waals surface area contributed by atoms with Crippen molar-refractivity contribution < 1.29 is 37.3 Å². The molecule has 1 atom stereocenters. The van der Waals surface area contributed by atoms with Gasteiger partial charge in [-0.1, -0.05) is 19.3 Å². The van der Waals surface area contributed by atoms with Crippen LogP contribution in [0.2, 0.25) is 0 Å². The highest BCUT2D eigenvalue weighted by atomic mass is 19.4. The molecule has 3 N–H and O–H groups in total. The Balaban J connectivity index is 1.34. The number of hydrogen-bond acceptors (Lipinski definition) is 9. The topological polar surface area (TPSA) is 160 Å². The molecule has 0 spiro atoms. The van der Waals surface area contributed by atoms with Gasteiger partial charge in [0.1, 0.15) is 22.6 Å². The van der Waals surface area contributed by atoms with Crippen LogP contribution in [0.1, 0.15) is 80.2 Å². The summed E-state index contributed by atoms with van der Waals surface area (Å²) < 4.78 is 55.0. The van der Waals surface area contributed by atoms with Gasteiger partial charge < -0.3 is 29.0 Å². The Hall–Kier alpha value is -4.73. The summed E-state index contributed by atoms with van der Waals surface area (Å²) in [4.78, 5) is 47.4. The zero-order valence-electron chi connectivity index (χ0n) is 29.0. The number of ether oxygens (including phenoxy) is 2. The van der Waals surface area contributed by atoms with Crippen LogP contribution < -0.4 is 15.0 Å². The minimum Gasteiger partial charge on any atom is -0.481 e. The number of H-pyrrole nitrogens is 1. The summed E-state index contributed by atoms with van der Waals surface area (Å²) >= 11 is 0. The number of carboxylic acid groups (broad SMARTS) is 1. The van der Waals surface area contributed by atoms with E-state index < -0.39 is 29.5 Å². The van der Waals surface area contributed by atoms with Crippen LogP contribution in [-0.2, 0) is 28.7 Å². The van der Waals surface area contributed by atoms with E-state index in [4.69, 9.17) is 14.6 Å². The molecule has 1 aliphatic carbocycles. The summed E-state index contributed by atoms with van der Waals surface area (Å²) in [6.45, 7) is 3.37. The van der Waals surface area contributed by atoms with Gasteiger partial charge in [-0.3, -0.25) is 14.9 Å². The molecule has 1 aliphatic heterocycles. The van der Waals surface area contributed by atoms with Crippen molar-refractivity contribution >= 4 is 34.7 Å². The van der Waals surface area contributed by atoms with Gasteiger partial charge in [0, 0.05) is 63.5 Å². The number of halogens is 3. The third kappa shape index (κ3) is 8.10. The lowest BCUT2D eigenvalue weighted by Crippen LogP contribution is -2.40. The highest BCUT2D eigenvalue weighted by Crippen LogP contribution is 2.41. The second-order valence-corrected chi connectivity index (χ2v) is 13.7. The molecule has 1 unspecified atom stereocenters. The molecule has 13 nitrogen and oxygen atoms in total. The van der Waals surface area contributed by atoms with Crippen LogP contribution in [0.5, 0.6) is 5.88 Å². The Morgan fingerprint density at radius 1 is 1.18 bits per heavy atom. The second kappa shape index (κ2) is 14.9. The van der Waals surface area contributed by atoms with E-state index >= 15 is 0 Å². The molecular formula is C35H43F3N8O5. The molecule has 2 aliphatic rings. The van der Waals surface area contributed by atoms with Gasteiger partial charge in [0.15, 0.2) is 5.65 Å². The van der Waals surface area contributed by atoms with E-state index in [1.54, 1.807) is 26.3 Å². The number of pyridine rings is 2. The number of fused-ring (bicyclic) bond motifs is 2. The van der Waals surface area contributed by atoms with E-state index in [2.05, 4.69) is 30.2 Å². The number of rotatable bonds is 13. The predicted molar refractivity (Wildman–Crippen MR) is 183 cm³/mol. The highest BCUT2D eigenvalue weighted by Gasteiger charge is 2.37. The summed E-state index contributed by atoms with van der Waals surface area (Å²) in [5, 5.41) is 11.8. The summed E-state index contributed by atoms with van der Waals surface area (Å²) in [5.74, 6) is -0.809. The average Bonchev–Trinajstić information content (AvgIpc) is 3.71. The number of alkyl halides is 3. The summed E-state index contributed by atoms with van der Waals surface area (Å²) in [5.41, 5.74) is 0.744. The van der Waals surface area contributed by atoms with Crippen molar-refractivity contribution in [1.29, 1.82) is 0 Å². The van der Waals surface area contributed by atoms with Crippen LogP contribution in [0, 0.1) is 11.3 Å². The number of aryl methyl sites for hydroxylation is 1. The SMILES string of the molecule is CCOc1ncc(-c2cc(N(C)CC3(COC)CCCCC3)c3[nH]c(NC(=O)c4cn5c(n4)CCC(CCC(=O)O)C5)nc3n2)cc1C(F)(F)F. The largest absolute Gasteiger partial charge is 0.481 e. The fraction of sp³-hybridized carbons (Fsp3) is 0.543. The highest BCUT2D eigenvalue weighted by molar-refractivity contribution is 6.03. The Labute approximate surface area is 293 Å². The number of aliphatic carboxylic acids is 1. The quantitative estimate of drug-likeness (QED) is 0.143. The minimum atomic E-state index is -4.71. The fourth-order valence-corrected chi connectivity index (χ4v) is 7.43. The lowest BCUT2D eigenvalue weighted by atomic mass is 9.74. The number of anilines is 2. The number of amides is 1. The van der Waals surface area contributed by atoms with E-state index in [1.165, 1.54) is 6.20 Å². The lowest BCUT2D eigenvalue weighted by molar-refractivity contribution is -0.139. The zero-order chi connectivity index (χ0) is 36.3. The van der Waals surface area contributed by atoms with Gasteiger partial charge in [-0.15, -0.1) is 0 Å². The molecule has 4 aromatic rings. The number of imidazole rings is 2. The Morgan fingerprint density at radius 3 is 2.67 bits per heavy atom. The summed E-state index contributed by atoms with van der Waals surface area (Å²) in [6, 6.07) is 2.68. The minimum absolute atomic E-state index is 0.0223. The van der Waals surface area contributed by atoms with Gasteiger partial charge in [-0.05, 0) is 50.7 Å². The van der Waals surface area contributed by atoms with Crippen LogP contribution in [0.3, 0.4) is 0 Å². The van der Waals surface area contributed by atoms with Gasteiger partial charge >= 0.3 is 12.1 Å². The maximum Gasteiger partial charge on any atom is 0.421 e. The molecule has 1 fully saturated rings. The van der Waals surface area contributed by atoms with E-state index in [1.807, 2.05) is 16.5 Å². The van der Waals surface area contributed by atoms with Crippen LogP contribution >= 0.6 is 0 Å². The summed E-state index contributed by atoms with van der Waals surface area (Å²) in [7, 11) is 3.61. The van der Waals surface area contributed by atoms with Crippen molar-refractivity contribution in [2.75, 3.05) is 44.1 Å². The number of nitrogens with zero attached hydrogens (tertiary/aromatic N) is 6. The van der Waals surface area contributed by atoms with E-state index in [0.717, 1.165) is 50.4 Å². The van der Waals surface area contributed by atoms with Gasteiger partial charge in [0.05, 0.1) is 24.6 Å². The van der Waals surface area contributed by atoms with Crippen molar-refractivity contribution in [3.05, 3.63) is 41.6 Å². The smallest absolute Gasteiger partial charge is 0.421 e. The maximum atomic E-state index is 14.1. The van der Waals surface area contributed by atoms with Gasteiger partial charge in [0.25, 0.3) is 5.91 Å². The first-order chi connectivity index (χ1) is 24.4. The zero-order valence-corrected chi connectivity index (χ0v) is 29.0. The number of carbonyl (C=O) groups is 2. The number of carbonyl (C=O) groups excluding carboxylic acids is 1. The van der Waals surface area contributed by atoms with Crippen molar-refractivity contribution in [3.63, 3.8) is 0 Å². The molecule has 51 heavy (non-hydrogen) atoms. The number of methoxy groups -OCH3 is 1. The molecule has 0 saturated heterocycles. The first-order valence-corrected chi connectivity index (χ1v) is 17.3. The Morgan fingerprint density at radius 2 is 1.96 bits per heavy atom. The average molecular weight is 713 g/mol. The molecule has 4 aromatic heterocycles. The molecule has 0 aromatic carbocycles. The first-order valence-electron chi connectivity index (χ1n) is 17.3. The third-order valence-corrected chi connectivity index (χ3v) is 9.84. The second-order valence-electron chi connectivity index (χ2n) is 13.7. The maximum absolute atomic E-state index is 14.1. The number of carboxylic acids is 1. The fourth-order valence-electron chi connectivity index (χ4n) is 7.43. The van der Waals surface area contributed by atoms with Crippen LogP contribution in [0.4, 0.5) is 24.8 Å². The van der Waals surface area contributed by atoms with Crippen molar-refractivity contribution in [3.8, 4) is 17.1 Å². The number of aromatic nitrogens is 6.